The molecule has 1 amide bonds. The zero-order valence-corrected chi connectivity index (χ0v) is 26.2. The minimum absolute atomic E-state index is 0.103. The number of ether oxygens (including phenoxy) is 2. The largest absolute Gasteiger partial charge is 0.438 e. The number of carbonyl (C=O) groups is 1. The Balaban J connectivity index is 0. The molecule has 0 atom stereocenters. The van der Waals surface area contributed by atoms with Crippen LogP contribution in [-0.4, -0.2) is 70.2 Å². The number of rotatable bonds is 7. The van der Waals surface area contributed by atoms with Crippen LogP contribution >= 0.6 is 0 Å². The van der Waals surface area contributed by atoms with Crippen molar-refractivity contribution in [3.05, 3.63) is 89.8 Å². The molecule has 228 valence electrons. The molecule has 0 aliphatic carbocycles. The summed E-state index contributed by atoms with van der Waals surface area (Å²) < 4.78 is 34.9. The third-order valence-corrected chi connectivity index (χ3v) is 5.64. The van der Waals surface area contributed by atoms with Crippen LogP contribution in [0.1, 0.15) is 52.2 Å². The Morgan fingerprint density at radius 3 is 2.15 bits per heavy atom. The number of aliphatic imine (C=N–C) groups is 2. The third-order valence-electron chi connectivity index (χ3n) is 5.64. The topological polar surface area (TPSA) is 63.5 Å². The average molecular weight is 574 g/mol. The van der Waals surface area contributed by atoms with Gasteiger partial charge in [-0.05, 0) is 52.0 Å². The first kappa shape index (κ1) is 39.5. The van der Waals surface area contributed by atoms with Gasteiger partial charge in [0.15, 0.2) is 0 Å². The van der Waals surface area contributed by atoms with Gasteiger partial charge in [0, 0.05) is 39.7 Å². The highest BCUT2D eigenvalue weighted by Gasteiger charge is 2.16. The van der Waals surface area contributed by atoms with E-state index in [2.05, 4.69) is 81.0 Å². The van der Waals surface area contributed by atoms with Gasteiger partial charge in [-0.15, -0.1) is 0 Å². The summed E-state index contributed by atoms with van der Waals surface area (Å²) in [6.07, 6.45) is 5.39. The fourth-order valence-corrected chi connectivity index (χ4v) is 2.93. The molecule has 0 spiro atoms. The first-order chi connectivity index (χ1) is 19.4. The van der Waals surface area contributed by atoms with Crippen LogP contribution in [0.4, 0.5) is 8.78 Å². The number of hydrogen-bond donors (Lipinski definition) is 0. The van der Waals surface area contributed by atoms with Gasteiger partial charge in [0.1, 0.15) is 5.76 Å². The van der Waals surface area contributed by atoms with Gasteiger partial charge in [0.2, 0.25) is 5.91 Å². The van der Waals surface area contributed by atoms with E-state index in [9.17, 15) is 13.6 Å². The van der Waals surface area contributed by atoms with Crippen molar-refractivity contribution in [3.63, 3.8) is 0 Å². The van der Waals surface area contributed by atoms with Crippen LogP contribution in [0.15, 0.2) is 88.6 Å². The Kier molecular flexibility index (Phi) is 23.3. The van der Waals surface area contributed by atoms with E-state index in [1.165, 1.54) is 29.8 Å². The van der Waals surface area contributed by atoms with Crippen molar-refractivity contribution in [1.82, 2.24) is 4.90 Å². The molecule has 2 rings (SSSR count). The van der Waals surface area contributed by atoms with Crippen molar-refractivity contribution in [2.45, 2.75) is 54.4 Å². The predicted molar refractivity (Wildman–Crippen MR) is 171 cm³/mol. The Morgan fingerprint density at radius 2 is 1.76 bits per heavy atom. The third kappa shape index (κ3) is 19.1. The van der Waals surface area contributed by atoms with Crippen molar-refractivity contribution in [2.75, 3.05) is 40.4 Å². The van der Waals surface area contributed by atoms with Crippen molar-refractivity contribution >= 4 is 24.1 Å². The van der Waals surface area contributed by atoms with Crippen LogP contribution in [0.25, 0.3) is 5.57 Å². The first-order valence-corrected chi connectivity index (χ1v) is 13.4. The summed E-state index contributed by atoms with van der Waals surface area (Å²) in [6, 6.07) is 8.56. The highest BCUT2D eigenvalue weighted by molar-refractivity contribution is 5.80. The number of benzene rings is 1. The minimum atomic E-state index is -2.76. The maximum absolute atomic E-state index is 12.4. The SMILES string of the molecule is C/C=C(\C)c1cccc(C)c1.C=C/C(=C\C=C(/C)CC)C(=C)OC(=NC)C(F)F.C=NC.CC(=O)N1CCOCC1. The molecule has 0 aromatic heterocycles. The van der Waals surface area contributed by atoms with Crippen LogP contribution in [0.5, 0.6) is 0 Å². The summed E-state index contributed by atoms with van der Waals surface area (Å²) in [5.74, 6) is -0.395. The molecule has 41 heavy (non-hydrogen) atoms. The molecule has 1 saturated heterocycles. The van der Waals surface area contributed by atoms with Gasteiger partial charge in [-0.3, -0.25) is 9.79 Å². The van der Waals surface area contributed by atoms with Gasteiger partial charge in [-0.1, -0.05) is 79.8 Å². The maximum atomic E-state index is 12.4. The second-order valence-electron chi connectivity index (χ2n) is 8.86. The summed E-state index contributed by atoms with van der Waals surface area (Å²) in [6.45, 7) is 25.1. The lowest BCUT2D eigenvalue weighted by molar-refractivity contribution is -0.132. The molecule has 0 bridgehead atoms. The van der Waals surface area contributed by atoms with Crippen molar-refractivity contribution in [3.8, 4) is 0 Å². The summed E-state index contributed by atoms with van der Waals surface area (Å²) >= 11 is 0. The Morgan fingerprint density at radius 1 is 1.17 bits per heavy atom. The summed E-state index contributed by atoms with van der Waals surface area (Å²) in [5.41, 5.74) is 5.69. The normalized spacial score (nSPS) is 13.9. The number of nitrogens with zero attached hydrogens (tertiary/aromatic N) is 3. The summed E-state index contributed by atoms with van der Waals surface area (Å²) in [4.78, 5) is 19.1. The standard InChI is InChI=1S/C14H19F2NO.C11H14.C6H11NO2.C2H5N/c1-6-10(3)8-9-12(7-2)11(4)18-14(17-5)13(15)16;1-4-10(3)11-7-5-6-9(2)8-11;1-6(8)7-2-4-9-5-3-7;1-3-2/h7-9,13H,2,4,6H2,1,3,5H3;4-8H,1-3H3;2-5H2,1H3;1H2,2H3/b10-8+,12-9+,17-14?;10-4+;;. The minimum Gasteiger partial charge on any atom is -0.438 e. The van der Waals surface area contributed by atoms with Crippen LogP contribution in [0.3, 0.4) is 0 Å². The van der Waals surface area contributed by atoms with Gasteiger partial charge >= 0.3 is 6.43 Å². The number of allylic oxidation sites excluding steroid dienone is 6. The molecule has 1 fully saturated rings. The smallest absolute Gasteiger partial charge is 0.312 e. The zero-order valence-electron chi connectivity index (χ0n) is 26.2. The quantitative estimate of drug-likeness (QED) is 0.144. The highest BCUT2D eigenvalue weighted by atomic mass is 19.3. The molecule has 0 N–H and O–H groups in total. The first-order valence-electron chi connectivity index (χ1n) is 13.4. The van der Waals surface area contributed by atoms with Gasteiger partial charge in [0.05, 0.1) is 13.2 Å². The van der Waals surface area contributed by atoms with E-state index in [1.807, 2.05) is 19.9 Å². The number of carbonyl (C=O) groups excluding carboxylic acids is 1. The monoisotopic (exact) mass is 573 g/mol. The van der Waals surface area contributed by atoms with Gasteiger partial charge in [-0.25, -0.2) is 0 Å². The number of morpholine rings is 1. The zero-order chi connectivity index (χ0) is 31.8. The molecule has 1 aliphatic heterocycles. The molecule has 0 unspecified atom stereocenters. The Labute approximate surface area is 246 Å². The molecular weight excluding hydrogens is 524 g/mol. The predicted octanol–water partition coefficient (Wildman–Crippen LogP) is 7.88. The molecule has 1 aliphatic rings. The lowest BCUT2D eigenvalue weighted by Gasteiger charge is -2.25. The maximum Gasteiger partial charge on any atom is 0.312 e. The van der Waals surface area contributed by atoms with Gasteiger partial charge < -0.3 is 19.4 Å². The molecule has 1 aromatic rings. The molecule has 1 heterocycles. The number of alkyl halides is 2. The second-order valence-corrected chi connectivity index (χ2v) is 8.86. The summed E-state index contributed by atoms with van der Waals surface area (Å²) in [5, 5.41) is 0. The van der Waals surface area contributed by atoms with Crippen molar-refractivity contribution in [1.29, 1.82) is 0 Å². The number of aryl methyl sites for hydroxylation is 1. The Bertz CT molecular complexity index is 1070. The van der Waals surface area contributed by atoms with E-state index in [-0.39, 0.29) is 11.7 Å². The van der Waals surface area contributed by atoms with Gasteiger partial charge in [-0.2, -0.15) is 8.78 Å². The summed E-state index contributed by atoms with van der Waals surface area (Å²) in [7, 11) is 2.88. The number of hydrogen-bond acceptors (Lipinski definition) is 5. The van der Waals surface area contributed by atoms with E-state index in [0.717, 1.165) is 25.1 Å². The molecule has 6 nitrogen and oxygen atoms in total. The van der Waals surface area contributed by atoms with Gasteiger partial charge in [0.25, 0.3) is 5.90 Å². The van der Waals surface area contributed by atoms with Crippen LogP contribution in [-0.2, 0) is 14.3 Å². The van der Waals surface area contributed by atoms with Crippen LogP contribution in [0, 0.1) is 6.92 Å². The number of halogens is 2. The lowest BCUT2D eigenvalue weighted by atomic mass is 10.1. The molecule has 0 saturated carbocycles. The van der Waals surface area contributed by atoms with E-state index in [4.69, 9.17) is 9.47 Å². The van der Waals surface area contributed by atoms with Crippen molar-refractivity contribution < 1.29 is 23.0 Å². The highest BCUT2D eigenvalue weighted by Crippen LogP contribution is 2.15. The Hall–Kier alpha value is -3.65. The fraction of sp³-hybridized carbons (Fsp3) is 0.424. The van der Waals surface area contributed by atoms with E-state index in [1.54, 1.807) is 24.9 Å². The average Bonchev–Trinajstić information content (AvgIpc) is 2.96. The van der Waals surface area contributed by atoms with Crippen LogP contribution < -0.4 is 0 Å². The van der Waals surface area contributed by atoms with Crippen LogP contribution in [0.2, 0.25) is 0 Å². The molecule has 1 aromatic carbocycles. The molecule has 8 heteroatoms. The van der Waals surface area contributed by atoms with E-state index in [0.29, 0.717) is 18.8 Å². The molecule has 0 radical (unpaired) electrons. The van der Waals surface area contributed by atoms with E-state index < -0.39 is 12.3 Å². The molecular formula is C33H49F2N3O3. The second kappa shape index (κ2) is 24.2. The van der Waals surface area contributed by atoms with Crippen molar-refractivity contribution in [2.24, 2.45) is 9.98 Å². The number of amides is 1. The fourth-order valence-electron chi connectivity index (χ4n) is 2.93. The van der Waals surface area contributed by atoms with E-state index >= 15 is 0 Å². The lowest BCUT2D eigenvalue weighted by Crippen LogP contribution is -2.39.